The summed E-state index contributed by atoms with van der Waals surface area (Å²) in [5.41, 5.74) is 0. The van der Waals surface area contributed by atoms with Gasteiger partial charge in [-0.3, -0.25) is 0 Å². The van der Waals surface area contributed by atoms with E-state index in [1.54, 1.807) is 0 Å². The van der Waals surface area contributed by atoms with Crippen LogP contribution in [-0.2, 0) is 0 Å². The zero-order valence-electron chi connectivity index (χ0n) is 9.86. The largest absolute Gasteiger partial charge is 2.00 e. The molecule has 0 aromatic rings. The molecule has 0 aliphatic carbocycles. The molecule has 0 saturated carbocycles. The Bertz CT molecular complexity index is 66.7. The molecule has 0 saturated heterocycles. The molecule has 0 amide bonds. The van der Waals surface area contributed by atoms with Gasteiger partial charge in [0.25, 0.3) is 0 Å². The van der Waals surface area contributed by atoms with Crippen molar-refractivity contribution in [1.29, 1.82) is 0 Å². The minimum Gasteiger partial charge on any atom is -1.00 e. The SMILES string of the molecule is [CH2-]CCCCCCCCCCC.[Cl-].[Mg+2]. The van der Waals surface area contributed by atoms with Gasteiger partial charge in [0.05, 0.1) is 0 Å². The summed E-state index contributed by atoms with van der Waals surface area (Å²) >= 11 is 0. The molecule has 0 aliphatic rings. The maximum Gasteiger partial charge on any atom is 2.00 e. The first-order chi connectivity index (χ1) is 5.91. The van der Waals surface area contributed by atoms with E-state index in [-0.39, 0.29) is 35.5 Å². The molecule has 0 bridgehead atoms. The Kier molecular flexibility index (Phi) is 28.7. The summed E-state index contributed by atoms with van der Waals surface area (Å²) in [5, 5.41) is 0. The van der Waals surface area contributed by atoms with Gasteiger partial charge in [0.1, 0.15) is 0 Å². The maximum atomic E-state index is 3.84. The van der Waals surface area contributed by atoms with Gasteiger partial charge in [-0.05, 0) is 0 Å². The van der Waals surface area contributed by atoms with Crippen LogP contribution in [0.25, 0.3) is 0 Å². The Morgan fingerprint density at radius 3 is 1.43 bits per heavy atom. The van der Waals surface area contributed by atoms with Crippen molar-refractivity contribution in [2.75, 3.05) is 0 Å². The third-order valence-electron chi connectivity index (χ3n) is 2.35. The first-order valence-corrected chi connectivity index (χ1v) is 5.71. The average molecular weight is 229 g/mol. The monoisotopic (exact) mass is 228 g/mol. The average Bonchev–Trinajstić information content (AvgIpc) is 2.10. The summed E-state index contributed by atoms with van der Waals surface area (Å²) in [7, 11) is 0. The molecule has 0 rings (SSSR count). The van der Waals surface area contributed by atoms with Gasteiger partial charge in [0, 0.05) is 0 Å². The van der Waals surface area contributed by atoms with Crippen LogP contribution in [0.3, 0.4) is 0 Å². The van der Waals surface area contributed by atoms with Gasteiger partial charge in [-0.25, -0.2) is 0 Å². The van der Waals surface area contributed by atoms with E-state index in [0.717, 1.165) is 6.42 Å². The molecule has 0 aliphatic heterocycles. The van der Waals surface area contributed by atoms with E-state index in [4.69, 9.17) is 0 Å². The van der Waals surface area contributed by atoms with Crippen molar-refractivity contribution in [2.45, 2.75) is 71.1 Å². The summed E-state index contributed by atoms with van der Waals surface area (Å²) < 4.78 is 0. The second-order valence-corrected chi connectivity index (χ2v) is 3.68. The van der Waals surface area contributed by atoms with E-state index in [1.807, 2.05) is 0 Å². The quantitative estimate of drug-likeness (QED) is 0.318. The third kappa shape index (κ3) is 18.8. The molecule has 0 unspecified atom stereocenters. The molecular weight excluding hydrogens is 204 g/mol. The van der Waals surface area contributed by atoms with E-state index < -0.39 is 0 Å². The molecule has 14 heavy (non-hydrogen) atoms. The fourth-order valence-electron chi connectivity index (χ4n) is 1.49. The fourth-order valence-corrected chi connectivity index (χ4v) is 1.49. The summed E-state index contributed by atoms with van der Waals surface area (Å²) in [6.07, 6.45) is 13.9. The minimum absolute atomic E-state index is 0. The molecule has 0 aromatic heterocycles. The molecule has 0 N–H and O–H groups in total. The van der Waals surface area contributed by atoms with Gasteiger partial charge < -0.3 is 19.3 Å². The molecule has 2 heteroatoms. The van der Waals surface area contributed by atoms with E-state index in [1.165, 1.54) is 57.8 Å². The maximum absolute atomic E-state index is 3.84. The van der Waals surface area contributed by atoms with Crippen LogP contribution in [0.5, 0.6) is 0 Å². The minimum atomic E-state index is 0. The van der Waals surface area contributed by atoms with Gasteiger partial charge in [-0.15, -0.1) is 0 Å². The van der Waals surface area contributed by atoms with Crippen molar-refractivity contribution in [2.24, 2.45) is 0 Å². The Morgan fingerprint density at radius 2 is 1.07 bits per heavy atom. The van der Waals surface area contributed by atoms with Crippen molar-refractivity contribution in [3.63, 3.8) is 0 Å². The van der Waals surface area contributed by atoms with Crippen LogP contribution in [-0.4, -0.2) is 23.1 Å². The van der Waals surface area contributed by atoms with Crippen molar-refractivity contribution in [1.82, 2.24) is 0 Å². The number of unbranched alkanes of at least 4 members (excludes halogenated alkanes) is 9. The third-order valence-corrected chi connectivity index (χ3v) is 2.35. The molecule has 0 nitrogen and oxygen atoms in total. The zero-order chi connectivity index (χ0) is 9.07. The van der Waals surface area contributed by atoms with Crippen LogP contribution in [0.1, 0.15) is 71.1 Å². The normalized spacial score (nSPS) is 9.00. The first-order valence-electron chi connectivity index (χ1n) is 5.71. The van der Waals surface area contributed by atoms with Gasteiger partial charge in [-0.2, -0.15) is 6.42 Å². The van der Waals surface area contributed by atoms with Crippen LogP contribution in [0.4, 0.5) is 0 Å². The van der Waals surface area contributed by atoms with Gasteiger partial charge >= 0.3 is 23.1 Å². The predicted molar refractivity (Wildman–Crippen MR) is 63.0 cm³/mol. The summed E-state index contributed by atoms with van der Waals surface area (Å²) in [5.74, 6) is 0. The number of rotatable bonds is 9. The summed E-state index contributed by atoms with van der Waals surface area (Å²) in [6, 6.07) is 0. The molecule has 82 valence electrons. The Labute approximate surface area is 113 Å². The van der Waals surface area contributed by atoms with Crippen LogP contribution < -0.4 is 12.4 Å². The van der Waals surface area contributed by atoms with E-state index >= 15 is 0 Å². The fraction of sp³-hybridized carbons (Fsp3) is 0.917. The van der Waals surface area contributed by atoms with Crippen molar-refractivity contribution in [3.05, 3.63) is 6.92 Å². The second-order valence-electron chi connectivity index (χ2n) is 3.68. The summed E-state index contributed by atoms with van der Waals surface area (Å²) in [4.78, 5) is 0. The summed E-state index contributed by atoms with van der Waals surface area (Å²) in [6.45, 7) is 6.12. The van der Waals surface area contributed by atoms with Gasteiger partial charge in [0.2, 0.25) is 0 Å². The molecule has 0 aromatic carbocycles. The molecule has 0 atom stereocenters. The number of hydrogen-bond acceptors (Lipinski definition) is 0. The smallest absolute Gasteiger partial charge is 1.00 e. The Morgan fingerprint density at radius 1 is 0.714 bits per heavy atom. The standard InChI is InChI=1S/C12H25.ClH.Mg/c1-3-5-7-9-11-12-10-8-6-4-2;;/h1,3-12H2,2H3;1H;/q-1;;+2/p-1. The molecular formula is C12H25ClMg. The molecule has 0 spiro atoms. The van der Waals surface area contributed by atoms with Crippen LogP contribution in [0.2, 0.25) is 0 Å². The van der Waals surface area contributed by atoms with Crippen molar-refractivity contribution in [3.8, 4) is 0 Å². The molecule has 0 heterocycles. The second kappa shape index (κ2) is 19.6. The van der Waals surface area contributed by atoms with Gasteiger partial charge in [0.15, 0.2) is 0 Å². The molecule has 0 fully saturated rings. The Balaban J connectivity index is -0.000000605. The Hall–Kier alpha value is 1.06. The van der Waals surface area contributed by atoms with Crippen LogP contribution >= 0.6 is 0 Å². The first kappa shape index (κ1) is 20.5. The van der Waals surface area contributed by atoms with Gasteiger partial charge in [-0.1, -0.05) is 64.7 Å². The molecule has 0 radical (unpaired) electrons. The predicted octanol–water partition coefficient (Wildman–Crippen LogP) is 1.36. The zero-order valence-corrected chi connectivity index (χ0v) is 12.0. The van der Waals surface area contributed by atoms with Crippen LogP contribution in [0, 0.1) is 6.92 Å². The topological polar surface area (TPSA) is 0 Å². The van der Waals surface area contributed by atoms with Crippen LogP contribution in [0.15, 0.2) is 0 Å². The van der Waals surface area contributed by atoms with E-state index in [2.05, 4.69) is 13.8 Å². The van der Waals surface area contributed by atoms with E-state index in [0.29, 0.717) is 0 Å². The van der Waals surface area contributed by atoms with E-state index in [9.17, 15) is 0 Å². The van der Waals surface area contributed by atoms with Crippen molar-refractivity contribution < 1.29 is 12.4 Å². The number of hydrogen-bond donors (Lipinski definition) is 0. The number of halogens is 1. The van der Waals surface area contributed by atoms with Crippen molar-refractivity contribution >= 4 is 23.1 Å².